The normalized spacial score (nSPS) is 18.9. The van der Waals surface area contributed by atoms with Crippen molar-refractivity contribution in [1.29, 1.82) is 0 Å². The van der Waals surface area contributed by atoms with Crippen LogP contribution in [0.15, 0.2) is 34.7 Å². The largest absolute Gasteiger partial charge is 0.375 e. The number of ketones is 2. The molecule has 0 radical (unpaired) electrons. The van der Waals surface area contributed by atoms with E-state index in [1.54, 1.807) is 12.2 Å². The first kappa shape index (κ1) is 15.2. The summed E-state index contributed by atoms with van der Waals surface area (Å²) in [6.07, 6.45) is 5.04. The van der Waals surface area contributed by atoms with Gasteiger partial charge in [0.15, 0.2) is 0 Å². The van der Waals surface area contributed by atoms with Crippen molar-refractivity contribution in [2.75, 3.05) is 0 Å². The Morgan fingerprint density at radius 2 is 1.48 bits per heavy atom. The highest BCUT2D eigenvalue weighted by Gasteiger charge is 2.37. The molecule has 0 unspecified atom stereocenters. The molecule has 0 saturated carbocycles. The summed E-state index contributed by atoms with van der Waals surface area (Å²) >= 11 is 0. The van der Waals surface area contributed by atoms with Gasteiger partial charge >= 0.3 is 0 Å². The average Bonchev–Trinajstić information content (AvgIpc) is 2.38. The number of Topliss-reactive ketones (excluding diaryl/α,β-unsaturated/α-hetero) is 2. The minimum absolute atomic E-state index is 0.0488. The molecule has 21 heavy (non-hydrogen) atoms. The Bertz CT molecular complexity index is 616. The van der Waals surface area contributed by atoms with Gasteiger partial charge in [-0.15, -0.1) is 0 Å². The van der Waals surface area contributed by atoms with Gasteiger partial charge in [-0.1, -0.05) is 12.2 Å². The lowest BCUT2D eigenvalue weighted by molar-refractivity contribution is -0.121. The molecule has 5 heteroatoms. The quantitative estimate of drug-likeness (QED) is 0.808. The van der Waals surface area contributed by atoms with E-state index >= 15 is 0 Å². The lowest BCUT2D eigenvalue weighted by Gasteiger charge is -2.30. The first-order valence-corrected chi connectivity index (χ1v) is 7.01. The predicted octanol–water partition coefficient (Wildman–Crippen LogP) is 1.52. The molecule has 5 nitrogen and oxygen atoms in total. The van der Waals surface area contributed by atoms with Gasteiger partial charge in [-0.2, -0.15) is 0 Å². The molecule has 0 aliphatic heterocycles. The first-order chi connectivity index (χ1) is 9.70. The fraction of sp³-hybridized carbons (Fsp3) is 0.438. The number of nitrogens with one attached hydrogen (secondary N) is 2. The van der Waals surface area contributed by atoms with Crippen LogP contribution in [0.4, 0.5) is 0 Å². The van der Waals surface area contributed by atoms with E-state index in [2.05, 4.69) is 10.6 Å². The third-order valence-corrected chi connectivity index (χ3v) is 3.15. The zero-order chi connectivity index (χ0) is 15.8. The number of fused-ring (bicyclic) bond motifs is 1. The molecule has 0 aromatic heterocycles. The molecule has 0 heterocycles. The van der Waals surface area contributed by atoms with Crippen LogP contribution in [0.2, 0.25) is 0 Å². The van der Waals surface area contributed by atoms with E-state index in [-0.39, 0.29) is 28.9 Å². The van der Waals surface area contributed by atoms with Crippen molar-refractivity contribution in [3.8, 4) is 0 Å². The van der Waals surface area contributed by atoms with Crippen LogP contribution in [-0.4, -0.2) is 23.0 Å². The van der Waals surface area contributed by atoms with Crippen molar-refractivity contribution in [2.45, 2.75) is 46.1 Å². The van der Waals surface area contributed by atoms with E-state index in [1.165, 1.54) is 6.92 Å². The van der Waals surface area contributed by atoms with Crippen LogP contribution in [0, 0.1) is 0 Å². The van der Waals surface area contributed by atoms with Crippen molar-refractivity contribution >= 4 is 17.5 Å². The number of amides is 1. The Hall–Kier alpha value is -2.17. The van der Waals surface area contributed by atoms with Gasteiger partial charge in [0.25, 0.3) is 0 Å². The van der Waals surface area contributed by atoms with Crippen LogP contribution in [0.1, 0.15) is 40.5 Å². The molecule has 2 aliphatic rings. The highest BCUT2D eigenvalue weighted by atomic mass is 16.2. The van der Waals surface area contributed by atoms with Crippen LogP contribution in [0.5, 0.6) is 0 Å². The van der Waals surface area contributed by atoms with Gasteiger partial charge in [-0.05, 0) is 33.6 Å². The highest BCUT2D eigenvalue weighted by Crippen LogP contribution is 2.30. The molecule has 0 aromatic rings. The van der Waals surface area contributed by atoms with E-state index in [0.717, 1.165) is 12.8 Å². The Balaban J connectivity index is 2.57. The molecule has 0 aromatic carbocycles. The summed E-state index contributed by atoms with van der Waals surface area (Å²) in [4.78, 5) is 36.6. The molecule has 0 fully saturated rings. The number of hydrogen-bond donors (Lipinski definition) is 2. The zero-order valence-electron chi connectivity index (χ0n) is 12.8. The maximum Gasteiger partial charge on any atom is 0.221 e. The molecule has 2 N–H and O–H groups in total. The second kappa shape index (κ2) is 5.31. The standard InChI is InChI=1S/C16H20N2O3/c1-9(19)17-12-13(18-16(2,3)4)15(21)11-8-6-5-7-10(11)14(12)20/h7-8,18H,5-6H2,1-4H3,(H,17,19). The molecule has 2 rings (SSSR count). The summed E-state index contributed by atoms with van der Waals surface area (Å²) in [5.74, 6) is -0.912. The summed E-state index contributed by atoms with van der Waals surface area (Å²) in [5, 5.41) is 5.56. The van der Waals surface area contributed by atoms with Gasteiger partial charge in [-0.25, -0.2) is 0 Å². The Morgan fingerprint density at radius 1 is 1.00 bits per heavy atom. The van der Waals surface area contributed by atoms with Crippen molar-refractivity contribution in [3.63, 3.8) is 0 Å². The van der Waals surface area contributed by atoms with E-state index in [1.807, 2.05) is 20.8 Å². The number of allylic oxidation sites excluding steroid dienone is 4. The number of carbonyl (C=O) groups is 3. The lowest BCUT2D eigenvalue weighted by Crippen LogP contribution is -2.45. The molecule has 1 amide bonds. The number of rotatable bonds is 2. The van der Waals surface area contributed by atoms with Crippen LogP contribution in [-0.2, 0) is 14.4 Å². The van der Waals surface area contributed by atoms with Gasteiger partial charge < -0.3 is 10.6 Å². The van der Waals surface area contributed by atoms with Gasteiger partial charge in [0, 0.05) is 23.6 Å². The summed E-state index contributed by atoms with van der Waals surface area (Å²) in [5.41, 5.74) is 0.660. The maximum atomic E-state index is 12.6. The molecule has 112 valence electrons. The van der Waals surface area contributed by atoms with Gasteiger partial charge in [0.1, 0.15) is 11.4 Å². The van der Waals surface area contributed by atoms with E-state index < -0.39 is 5.54 Å². The lowest BCUT2D eigenvalue weighted by atomic mass is 9.83. The molecule has 0 saturated heterocycles. The molecule has 0 spiro atoms. The fourth-order valence-corrected chi connectivity index (χ4v) is 2.39. The second-order valence-corrected chi connectivity index (χ2v) is 6.28. The molecule has 0 atom stereocenters. The first-order valence-electron chi connectivity index (χ1n) is 7.01. The van der Waals surface area contributed by atoms with Crippen molar-refractivity contribution in [1.82, 2.24) is 10.6 Å². The van der Waals surface area contributed by atoms with Gasteiger partial charge in [0.2, 0.25) is 17.5 Å². The number of carbonyl (C=O) groups excluding carboxylic acids is 3. The van der Waals surface area contributed by atoms with Gasteiger partial charge in [0.05, 0.1) is 0 Å². The van der Waals surface area contributed by atoms with Crippen molar-refractivity contribution in [3.05, 3.63) is 34.7 Å². The second-order valence-electron chi connectivity index (χ2n) is 6.28. The fourth-order valence-electron chi connectivity index (χ4n) is 2.39. The summed E-state index contributed by atoms with van der Waals surface area (Å²) in [7, 11) is 0. The minimum Gasteiger partial charge on any atom is -0.375 e. The molecule has 2 aliphatic carbocycles. The Kier molecular flexibility index (Phi) is 3.85. The minimum atomic E-state index is -0.397. The SMILES string of the molecule is CC(=O)NC1=C(NC(C)(C)C)C(=O)C2=CCCC=C2C1=O. The van der Waals surface area contributed by atoms with Crippen LogP contribution in [0.25, 0.3) is 0 Å². The summed E-state index contributed by atoms with van der Waals surface area (Å²) in [6, 6.07) is 0. The molecular weight excluding hydrogens is 268 g/mol. The van der Waals surface area contributed by atoms with Crippen molar-refractivity contribution in [2.24, 2.45) is 0 Å². The van der Waals surface area contributed by atoms with E-state index in [9.17, 15) is 14.4 Å². The highest BCUT2D eigenvalue weighted by molar-refractivity contribution is 6.29. The monoisotopic (exact) mass is 288 g/mol. The number of hydrogen-bond acceptors (Lipinski definition) is 4. The molecular formula is C16H20N2O3. The van der Waals surface area contributed by atoms with Crippen LogP contribution < -0.4 is 10.6 Å². The molecule has 0 bridgehead atoms. The Labute approximate surface area is 124 Å². The predicted molar refractivity (Wildman–Crippen MR) is 79.1 cm³/mol. The van der Waals surface area contributed by atoms with Crippen LogP contribution >= 0.6 is 0 Å². The smallest absolute Gasteiger partial charge is 0.221 e. The summed E-state index contributed by atoms with van der Waals surface area (Å²) < 4.78 is 0. The third-order valence-electron chi connectivity index (χ3n) is 3.15. The average molecular weight is 288 g/mol. The maximum absolute atomic E-state index is 12.6. The zero-order valence-corrected chi connectivity index (χ0v) is 12.8. The Morgan fingerprint density at radius 3 is 1.90 bits per heavy atom. The van der Waals surface area contributed by atoms with E-state index in [0.29, 0.717) is 11.1 Å². The van der Waals surface area contributed by atoms with Gasteiger partial charge in [-0.3, -0.25) is 14.4 Å². The van der Waals surface area contributed by atoms with E-state index in [4.69, 9.17) is 0 Å². The van der Waals surface area contributed by atoms with Crippen molar-refractivity contribution < 1.29 is 14.4 Å². The third kappa shape index (κ3) is 3.12. The summed E-state index contributed by atoms with van der Waals surface area (Å²) in [6.45, 7) is 7.00. The van der Waals surface area contributed by atoms with Crippen LogP contribution in [0.3, 0.4) is 0 Å². The topological polar surface area (TPSA) is 75.3 Å².